The van der Waals surface area contributed by atoms with Gasteiger partial charge in [-0.2, -0.15) is 0 Å². The molecule has 10 heteroatoms. The summed E-state index contributed by atoms with van der Waals surface area (Å²) in [5.74, 6) is -0.857. The second kappa shape index (κ2) is 42.1. The third-order valence-electron chi connectivity index (χ3n) is 9.84. The van der Waals surface area contributed by atoms with E-state index in [4.69, 9.17) is 24.3 Å². The summed E-state index contributed by atoms with van der Waals surface area (Å²) in [6.45, 7) is 3.72. The highest BCUT2D eigenvalue weighted by Crippen LogP contribution is 2.43. The minimum absolute atomic E-state index is 0.0502. The zero-order chi connectivity index (χ0) is 40.3. The van der Waals surface area contributed by atoms with E-state index in [0.29, 0.717) is 6.42 Å². The Labute approximate surface area is 338 Å². The highest BCUT2D eigenvalue weighted by Gasteiger charge is 2.26. The minimum atomic E-state index is -4.38. The number of hydrogen-bond donors (Lipinski definition) is 2. The van der Waals surface area contributed by atoms with Crippen molar-refractivity contribution in [3.05, 3.63) is 24.3 Å². The van der Waals surface area contributed by atoms with Crippen molar-refractivity contribution in [2.45, 2.75) is 225 Å². The summed E-state index contributed by atoms with van der Waals surface area (Å²) < 4.78 is 32.8. The number of allylic oxidation sites excluding steroid dienone is 4. The van der Waals surface area contributed by atoms with Crippen molar-refractivity contribution in [3.63, 3.8) is 0 Å². The largest absolute Gasteiger partial charge is 0.472 e. The lowest BCUT2D eigenvalue weighted by Crippen LogP contribution is -2.29. The maximum absolute atomic E-state index is 12.6. The van der Waals surface area contributed by atoms with Crippen molar-refractivity contribution >= 4 is 19.8 Å². The molecule has 0 rings (SSSR count). The fourth-order valence-electron chi connectivity index (χ4n) is 6.43. The molecule has 9 nitrogen and oxygen atoms in total. The molecule has 2 atom stereocenters. The van der Waals surface area contributed by atoms with Crippen LogP contribution in [0.2, 0.25) is 0 Å². The molecule has 0 aliphatic rings. The van der Waals surface area contributed by atoms with Gasteiger partial charge in [-0.1, -0.05) is 186 Å². The first kappa shape index (κ1) is 53.5. The number of carbonyl (C=O) groups excluding carboxylic acids is 2. The lowest BCUT2D eigenvalue weighted by molar-refractivity contribution is -0.161. The summed E-state index contributed by atoms with van der Waals surface area (Å²) in [5.41, 5.74) is 5.35. The summed E-state index contributed by atoms with van der Waals surface area (Å²) in [4.78, 5) is 34.9. The Kier molecular flexibility index (Phi) is 40.9. The smallest absolute Gasteiger partial charge is 0.462 e. The molecule has 0 amide bonds. The molecule has 0 aromatic carbocycles. The summed E-state index contributed by atoms with van der Waals surface area (Å²) in [6, 6.07) is 0. The maximum atomic E-state index is 12.6. The summed E-state index contributed by atoms with van der Waals surface area (Å²) in [6.07, 6.45) is 45.0. The lowest BCUT2D eigenvalue weighted by atomic mass is 10.0. The molecule has 0 aliphatic heterocycles. The van der Waals surface area contributed by atoms with Crippen LogP contribution >= 0.6 is 7.82 Å². The van der Waals surface area contributed by atoms with Gasteiger partial charge in [-0.3, -0.25) is 18.6 Å². The maximum Gasteiger partial charge on any atom is 0.472 e. The molecule has 0 spiro atoms. The normalized spacial score (nSPS) is 13.5. The van der Waals surface area contributed by atoms with Gasteiger partial charge in [-0.25, -0.2) is 4.57 Å². The summed E-state index contributed by atoms with van der Waals surface area (Å²) >= 11 is 0. The Hall–Kier alpha value is -1.51. The Morgan fingerprint density at radius 3 is 1.42 bits per heavy atom. The molecule has 0 saturated heterocycles. The number of ether oxygens (including phenoxy) is 2. The third-order valence-corrected chi connectivity index (χ3v) is 10.8. The van der Waals surface area contributed by atoms with Gasteiger partial charge in [0, 0.05) is 19.4 Å². The van der Waals surface area contributed by atoms with Crippen LogP contribution in [0.1, 0.15) is 219 Å². The van der Waals surface area contributed by atoms with Crippen molar-refractivity contribution in [1.82, 2.24) is 0 Å². The summed E-state index contributed by atoms with van der Waals surface area (Å²) in [5, 5.41) is 0. The standard InChI is InChI=1S/C45H86NO8P/c1-3-5-7-9-11-13-15-17-19-20-21-22-24-25-27-29-31-33-35-37-44(47)51-41-43(42-53-55(49,50)52-40-39-46)54-45(48)38-36-34-32-30-28-26-23-18-16-14-12-10-8-6-4-2/h18,23,28,30,43H,3-17,19-22,24-27,29,31-42,46H2,1-2H3,(H,49,50)/b23-18+,30-28+/t43-/m1/s1. The number of carbonyl (C=O) groups is 2. The molecular weight excluding hydrogens is 713 g/mol. The molecule has 0 aromatic heterocycles. The van der Waals surface area contributed by atoms with Crippen LogP contribution in [-0.2, 0) is 32.7 Å². The van der Waals surface area contributed by atoms with E-state index in [1.165, 1.54) is 141 Å². The van der Waals surface area contributed by atoms with E-state index < -0.39 is 26.5 Å². The van der Waals surface area contributed by atoms with Gasteiger partial charge in [0.25, 0.3) is 0 Å². The number of nitrogens with two attached hydrogens (primary N) is 1. The van der Waals surface area contributed by atoms with Gasteiger partial charge in [0.15, 0.2) is 6.10 Å². The first-order valence-electron chi connectivity index (χ1n) is 22.8. The van der Waals surface area contributed by atoms with Crippen LogP contribution in [0.25, 0.3) is 0 Å². The van der Waals surface area contributed by atoms with Crippen LogP contribution < -0.4 is 5.73 Å². The molecule has 0 bridgehead atoms. The monoisotopic (exact) mass is 800 g/mol. The van der Waals surface area contributed by atoms with Crippen LogP contribution in [0, 0.1) is 0 Å². The Morgan fingerprint density at radius 2 is 0.945 bits per heavy atom. The highest BCUT2D eigenvalue weighted by atomic mass is 31.2. The number of unbranched alkanes of at least 4 members (excludes halogenated alkanes) is 26. The third kappa shape index (κ3) is 41.9. The lowest BCUT2D eigenvalue weighted by Gasteiger charge is -2.19. The van der Waals surface area contributed by atoms with E-state index in [1.807, 2.05) is 0 Å². The van der Waals surface area contributed by atoms with E-state index >= 15 is 0 Å². The first-order valence-corrected chi connectivity index (χ1v) is 24.3. The van der Waals surface area contributed by atoms with Crippen LogP contribution in [0.4, 0.5) is 0 Å². The second-order valence-corrected chi connectivity index (χ2v) is 16.7. The SMILES string of the molecule is CCCCCCCC/C=C/C/C=C/CCCCC(=O)O[C@H](COC(=O)CCCCCCCCCCCCCCCCCCCCC)COP(=O)(O)OCCN. The number of phosphoric acid groups is 1. The number of phosphoric ester groups is 1. The zero-order valence-corrected chi connectivity index (χ0v) is 36.6. The van der Waals surface area contributed by atoms with E-state index in [2.05, 4.69) is 38.2 Å². The Bertz CT molecular complexity index is 959. The van der Waals surface area contributed by atoms with E-state index in [0.717, 1.165) is 44.9 Å². The van der Waals surface area contributed by atoms with E-state index in [9.17, 15) is 19.0 Å². The van der Waals surface area contributed by atoms with Gasteiger partial charge in [-0.15, -0.1) is 0 Å². The quantitative estimate of drug-likeness (QED) is 0.0267. The Balaban J connectivity index is 4.12. The van der Waals surface area contributed by atoms with Gasteiger partial charge < -0.3 is 20.1 Å². The van der Waals surface area contributed by atoms with Crippen LogP contribution in [0.5, 0.6) is 0 Å². The topological polar surface area (TPSA) is 134 Å². The van der Waals surface area contributed by atoms with Gasteiger partial charge in [0.05, 0.1) is 13.2 Å². The van der Waals surface area contributed by atoms with Gasteiger partial charge in [0.1, 0.15) is 6.61 Å². The predicted octanol–water partition coefficient (Wildman–Crippen LogP) is 13.2. The molecule has 0 radical (unpaired) electrons. The minimum Gasteiger partial charge on any atom is -0.462 e. The molecule has 3 N–H and O–H groups in total. The average molecular weight is 800 g/mol. The molecule has 55 heavy (non-hydrogen) atoms. The van der Waals surface area contributed by atoms with E-state index in [1.54, 1.807) is 0 Å². The molecule has 0 aromatic rings. The van der Waals surface area contributed by atoms with Crippen LogP contribution in [0.3, 0.4) is 0 Å². The first-order chi connectivity index (χ1) is 26.8. The second-order valence-electron chi connectivity index (χ2n) is 15.3. The van der Waals surface area contributed by atoms with E-state index in [-0.39, 0.29) is 38.6 Å². The molecule has 0 aliphatic carbocycles. The van der Waals surface area contributed by atoms with Crippen LogP contribution in [0.15, 0.2) is 24.3 Å². The fourth-order valence-corrected chi connectivity index (χ4v) is 7.20. The molecule has 0 saturated carbocycles. The van der Waals surface area contributed by atoms with Crippen molar-refractivity contribution < 1.29 is 37.6 Å². The number of esters is 2. The van der Waals surface area contributed by atoms with Crippen LogP contribution in [-0.4, -0.2) is 49.3 Å². The highest BCUT2D eigenvalue weighted by molar-refractivity contribution is 7.47. The van der Waals surface area contributed by atoms with Gasteiger partial charge in [0.2, 0.25) is 0 Å². The van der Waals surface area contributed by atoms with Crippen molar-refractivity contribution in [3.8, 4) is 0 Å². The zero-order valence-electron chi connectivity index (χ0n) is 35.7. The molecular formula is C45H86NO8P. The summed E-state index contributed by atoms with van der Waals surface area (Å²) in [7, 11) is -4.38. The van der Waals surface area contributed by atoms with Gasteiger partial charge >= 0.3 is 19.8 Å². The number of rotatable bonds is 43. The molecule has 324 valence electrons. The van der Waals surface area contributed by atoms with Crippen molar-refractivity contribution in [2.24, 2.45) is 5.73 Å². The average Bonchev–Trinajstić information content (AvgIpc) is 3.17. The fraction of sp³-hybridized carbons (Fsp3) is 0.867. The molecule has 0 heterocycles. The van der Waals surface area contributed by atoms with Crippen molar-refractivity contribution in [1.29, 1.82) is 0 Å². The predicted molar refractivity (Wildman–Crippen MR) is 229 cm³/mol. The Morgan fingerprint density at radius 1 is 0.545 bits per heavy atom. The molecule has 0 fully saturated rings. The number of hydrogen-bond acceptors (Lipinski definition) is 8. The van der Waals surface area contributed by atoms with Crippen molar-refractivity contribution in [2.75, 3.05) is 26.4 Å². The van der Waals surface area contributed by atoms with Gasteiger partial charge in [-0.05, 0) is 44.9 Å². The molecule has 1 unspecified atom stereocenters.